The number of rotatable bonds is 5. The van der Waals surface area contributed by atoms with Gasteiger partial charge in [0.15, 0.2) is 6.10 Å². The topological polar surface area (TPSA) is 72.5 Å². The Morgan fingerprint density at radius 2 is 2.12 bits per heavy atom. The molecule has 0 bridgehead atoms. The summed E-state index contributed by atoms with van der Waals surface area (Å²) in [6, 6.07) is 7.06. The van der Waals surface area contributed by atoms with E-state index in [4.69, 9.17) is 15.6 Å². The summed E-state index contributed by atoms with van der Waals surface area (Å²) in [7, 11) is 0. The fourth-order valence-electron chi connectivity index (χ4n) is 1.43. The SMILES string of the molecule is CCC(Oc1ccccc1C(C)N)C(=O)O. The van der Waals surface area contributed by atoms with Gasteiger partial charge in [-0.1, -0.05) is 25.1 Å². The highest BCUT2D eigenvalue weighted by atomic mass is 16.5. The van der Waals surface area contributed by atoms with E-state index >= 15 is 0 Å². The van der Waals surface area contributed by atoms with Crippen LogP contribution in [0.3, 0.4) is 0 Å². The average molecular weight is 223 g/mol. The van der Waals surface area contributed by atoms with E-state index in [0.29, 0.717) is 12.2 Å². The lowest BCUT2D eigenvalue weighted by molar-refractivity contribution is -0.145. The summed E-state index contributed by atoms with van der Waals surface area (Å²) in [5.74, 6) is -0.409. The minimum absolute atomic E-state index is 0.178. The van der Waals surface area contributed by atoms with Crippen LogP contribution in [0.1, 0.15) is 31.9 Å². The Balaban J connectivity index is 2.91. The summed E-state index contributed by atoms with van der Waals surface area (Å²) in [6.07, 6.45) is -0.400. The Morgan fingerprint density at radius 3 is 2.62 bits per heavy atom. The molecule has 0 saturated carbocycles. The number of hydrogen-bond acceptors (Lipinski definition) is 3. The molecule has 4 nitrogen and oxygen atoms in total. The van der Waals surface area contributed by atoms with Crippen molar-refractivity contribution in [3.05, 3.63) is 29.8 Å². The first kappa shape index (κ1) is 12.5. The van der Waals surface area contributed by atoms with E-state index in [1.54, 1.807) is 19.1 Å². The molecule has 2 unspecified atom stereocenters. The zero-order valence-electron chi connectivity index (χ0n) is 9.51. The van der Waals surface area contributed by atoms with E-state index in [0.717, 1.165) is 5.56 Å². The van der Waals surface area contributed by atoms with Gasteiger partial charge in [-0.05, 0) is 19.4 Å². The van der Waals surface area contributed by atoms with Crippen LogP contribution in [0.5, 0.6) is 5.75 Å². The second-order valence-corrected chi connectivity index (χ2v) is 3.68. The number of ether oxygens (including phenoxy) is 1. The van der Waals surface area contributed by atoms with Gasteiger partial charge in [-0.2, -0.15) is 0 Å². The van der Waals surface area contributed by atoms with Crippen molar-refractivity contribution in [2.75, 3.05) is 0 Å². The molecular formula is C12H17NO3. The van der Waals surface area contributed by atoms with Crippen molar-refractivity contribution in [1.29, 1.82) is 0 Å². The molecule has 0 aliphatic rings. The highest BCUT2D eigenvalue weighted by molar-refractivity contribution is 5.72. The maximum absolute atomic E-state index is 10.9. The first-order valence-electron chi connectivity index (χ1n) is 5.30. The van der Waals surface area contributed by atoms with Crippen LogP contribution in [0.15, 0.2) is 24.3 Å². The molecule has 3 N–H and O–H groups in total. The van der Waals surface area contributed by atoms with E-state index in [1.165, 1.54) is 0 Å². The standard InChI is InChI=1S/C12H17NO3/c1-3-10(12(14)15)16-11-7-5-4-6-9(11)8(2)13/h4-8,10H,3,13H2,1-2H3,(H,14,15). The number of carboxylic acid groups (broad SMARTS) is 1. The van der Waals surface area contributed by atoms with Crippen molar-refractivity contribution < 1.29 is 14.6 Å². The highest BCUT2D eigenvalue weighted by Crippen LogP contribution is 2.24. The minimum atomic E-state index is -0.957. The summed E-state index contributed by atoms with van der Waals surface area (Å²) in [4.78, 5) is 10.9. The fourth-order valence-corrected chi connectivity index (χ4v) is 1.43. The van der Waals surface area contributed by atoms with Crippen molar-refractivity contribution in [3.63, 3.8) is 0 Å². The molecule has 0 fully saturated rings. The van der Waals surface area contributed by atoms with Crippen molar-refractivity contribution in [3.8, 4) is 5.75 Å². The Morgan fingerprint density at radius 1 is 1.50 bits per heavy atom. The molecule has 0 aromatic heterocycles. The third-order valence-electron chi connectivity index (χ3n) is 2.33. The second kappa shape index (κ2) is 5.51. The molecule has 1 aromatic rings. The number of benzene rings is 1. The summed E-state index contributed by atoms with van der Waals surface area (Å²) < 4.78 is 5.44. The molecule has 4 heteroatoms. The van der Waals surface area contributed by atoms with Gasteiger partial charge in [0.05, 0.1) is 0 Å². The Labute approximate surface area is 95.0 Å². The third-order valence-corrected chi connectivity index (χ3v) is 2.33. The maximum atomic E-state index is 10.9. The van der Waals surface area contributed by atoms with E-state index in [-0.39, 0.29) is 6.04 Å². The van der Waals surface area contributed by atoms with Crippen LogP contribution in [0.25, 0.3) is 0 Å². The minimum Gasteiger partial charge on any atom is -0.479 e. The van der Waals surface area contributed by atoms with Gasteiger partial charge in [0.25, 0.3) is 0 Å². The fraction of sp³-hybridized carbons (Fsp3) is 0.417. The van der Waals surface area contributed by atoms with E-state index in [1.807, 2.05) is 19.1 Å². The van der Waals surface area contributed by atoms with Crippen molar-refractivity contribution in [1.82, 2.24) is 0 Å². The quantitative estimate of drug-likeness (QED) is 0.800. The molecular weight excluding hydrogens is 206 g/mol. The lowest BCUT2D eigenvalue weighted by Crippen LogP contribution is -2.26. The van der Waals surface area contributed by atoms with Crippen molar-refractivity contribution >= 4 is 5.97 Å². The molecule has 0 spiro atoms. The van der Waals surface area contributed by atoms with Crippen LogP contribution in [0, 0.1) is 0 Å². The predicted molar refractivity (Wildman–Crippen MR) is 61.4 cm³/mol. The molecule has 0 heterocycles. The van der Waals surface area contributed by atoms with Crippen LogP contribution in [-0.4, -0.2) is 17.2 Å². The lowest BCUT2D eigenvalue weighted by atomic mass is 10.1. The van der Waals surface area contributed by atoms with Gasteiger partial charge in [0.2, 0.25) is 0 Å². The molecule has 0 aliphatic carbocycles. The molecule has 0 saturated heterocycles. The van der Waals surface area contributed by atoms with Gasteiger partial charge in [-0.15, -0.1) is 0 Å². The lowest BCUT2D eigenvalue weighted by Gasteiger charge is -2.17. The zero-order chi connectivity index (χ0) is 12.1. The van der Waals surface area contributed by atoms with Gasteiger partial charge in [0.1, 0.15) is 5.75 Å². The van der Waals surface area contributed by atoms with E-state index in [9.17, 15) is 4.79 Å². The van der Waals surface area contributed by atoms with Crippen molar-refractivity contribution in [2.24, 2.45) is 5.73 Å². The highest BCUT2D eigenvalue weighted by Gasteiger charge is 2.18. The predicted octanol–water partition coefficient (Wildman–Crippen LogP) is 1.95. The van der Waals surface area contributed by atoms with Crippen LogP contribution in [-0.2, 0) is 4.79 Å². The normalized spacial score (nSPS) is 14.2. The Bertz CT molecular complexity index is 363. The van der Waals surface area contributed by atoms with Crippen molar-refractivity contribution in [2.45, 2.75) is 32.4 Å². The molecule has 0 amide bonds. The monoisotopic (exact) mass is 223 g/mol. The molecule has 0 radical (unpaired) electrons. The summed E-state index contributed by atoms with van der Waals surface area (Å²) in [5.41, 5.74) is 6.60. The van der Waals surface area contributed by atoms with Gasteiger partial charge in [-0.25, -0.2) is 4.79 Å². The molecule has 2 atom stereocenters. The van der Waals surface area contributed by atoms with Crippen LogP contribution in [0.4, 0.5) is 0 Å². The second-order valence-electron chi connectivity index (χ2n) is 3.68. The number of hydrogen-bond donors (Lipinski definition) is 2. The maximum Gasteiger partial charge on any atom is 0.344 e. The molecule has 0 aliphatic heterocycles. The van der Waals surface area contributed by atoms with Gasteiger partial charge in [-0.3, -0.25) is 0 Å². The Hall–Kier alpha value is -1.55. The largest absolute Gasteiger partial charge is 0.479 e. The van der Waals surface area contributed by atoms with Gasteiger partial charge in [0, 0.05) is 11.6 Å². The first-order valence-corrected chi connectivity index (χ1v) is 5.30. The number of carbonyl (C=O) groups is 1. The number of carboxylic acids is 1. The van der Waals surface area contributed by atoms with Gasteiger partial charge < -0.3 is 15.6 Å². The van der Waals surface area contributed by atoms with Gasteiger partial charge >= 0.3 is 5.97 Å². The zero-order valence-corrected chi connectivity index (χ0v) is 9.51. The van der Waals surface area contributed by atoms with Crippen LogP contribution in [0.2, 0.25) is 0 Å². The van der Waals surface area contributed by atoms with Crippen LogP contribution >= 0.6 is 0 Å². The Kier molecular flexibility index (Phi) is 4.31. The van der Waals surface area contributed by atoms with Crippen LogP contribution < -0.4 is 10.5 Å². The molecule has 1 aromatic carbocycles. The number of aliphatic carboxylic acids is 1. The molecule has 88 valence electrons. The average Bonchev–Trinajstić information content (AvgIpc) is 2.25. The van der Waals surface area contributed by atoms with E-state index in [2.05, 4.69) is 0 Å². The summed E-state index contributed by atoms with van der Waals surface area (Å²) >= 11 is 0. The number of para-hydroxylation sites is 1. The first-order chi connectivity index (χ1) is 7.56. The smallest absolute Gasteiger partial charge is 0.344 e. The van der Waals surface area contributed by atoms with E-state index < -0.39 is 12.1 Å². The summed E-state index contributed by atoms with van der Waals surface area (Å²) in [6.45, 7) is 3.61. The molecule has 1 rings (SSSR count). The molecule has 16 heavy (non-hydrogen) atoms. The number of nitrogens with two attached hydrogens (primary N) is 1. The summed E-state index contributed by atoms with van der Waals surface area (Å²) in [5, 5.41) is 8.91. The third kappa shape index (κ3) is 2.97.